The maximum atomic E-state index is 4.94. The minimum Gasteiger partial charge on any atom is -0.129 e. The van der Waals surface area contributed by atoms with Crippen molar-refractivity contribution < 1.29 is 14.6 Å². The molecule has 4 heteroatoms. The molecule has 58 valence electrons. The fourth-order valence-electron chi connectivity index (χ4n) is 0.712. The molecule has 0 atom stereocenters. The van der Waals surface area contributed by atoms with Gasteiger partial charge in [0.05, 0.1) is 12.4 Å². The molecule has 0 fully saturated rings. The van der Waals surface area contributed by atoms with Crippen molar-refractivity contribution in [1.29, 1.82) is 0 Å². The van der Waals surface area contributed by atoms with Gasteiger partial charge in [-0.2, -0.15) is 0 Å². The van der Waals surface area contributed by atoms with Crippen LogP contribution in [0.1, 0.15) is 13.8 Å². The first-order chi connectivity index (χ1) is 4.84. The minimum atomic E-state index is 0.592. The third kappa shape index (κ3) is 1.88. The lowest BCUT2D eigenvalue weighted by Gasteiger charge is -1.93. The first kappa shape index (κ1) is 7.88. The van der Waals surface area contributed by atoms with Crippen LogP contribution in [0.15, 0.2) is 0 Å². The van der Waals surface area contributed by atoms with E-state index in [1.807, 2.05) is 13.8 Å². The summed E-state index contributed by atoms with van der Waals surface area (Å²) in [5, 5.41) is 1.17. The van der Waals surface area contributed by atoms with E-state index in [0.29, 0.717) is 6.61 Å². The lowest BCUT2D eigenvalue weighted by atomic mass is 10.7. The molecule has 10 heavy (non-hydrogen) atoms. The van der Waals surface area contributed by atoms with Crippen molar-refractivity contribution in [3.05, 3.63) is 0 Å². The van der Waals surface area contributed by atoms with E-state index in [4.69, 9.17) is 9.88 Å². The summed E-state index contributed by atoms with van der Waals surface area (Å²) in [4.78, 5) is 9.72. The van der Waals surface area contributed by atoms with Gasteiger partial charge in [0, 0.05) is 11.7 Å². The standard InChI is InChI=1S/C6H12NO2S/c1-3-8-9-7-4-5-10-6(7)2/h3-5H2,1-2H3/q+1. The van der Waals surface area contributed by atoms with Crippen LogP contribution in [-0.2, 0) is 9.88 Å². The molecule has 0 aliphatic carbocycles. The Kier molecular flexibility index (Phi) is 3.02. The van der Waals surface area contributed by atoms with Gasteiger partial charge in [-0.05, 0) is 6.92 Å². The van der Waals surface area contributed by atoms with E-state index in [1.54, 1.807) is 16.5 Å². The summed E-state index contributed by atoms with van der Waals surface area (Å²) in [6.45, 7) is 5.44. The zero-order chi connectivity index (χ0) is 7.40. The highest BCUT2D eigenvalue weighted by atomic mass is 32.2. The van der Waals surface area contributed by atoms with Crippen molar-refractivity contribution in [3.8, 4) is 0 Å². The molecule has 0 aromatic carbocycles. The van der Waals surface area contributed by atoms with Crippen molar-refractivity contribution in [3.63, 3.8) is 0 Å². The zero-order valence-corrected chi connectivity index (χ0v) is 7.11. The molecule has 0 bridgehead atoms. The Morgan fingerprint density at radius 3 is 3.00 bits per heavy atom. The van der Waals surface area contributed by atoms with E-state index < -0.39 is 0 Å². The fourth-order valence-corrected chi connectivity index (χ4v) is 1.53. The first-order valence-electron chi connectivity index (χ1n) is 3.38. The Bertz CT molecular complexity index is 147. The lowest BCUT2D eigenvalue weighted by Crippen LogP contribution is -2.14. The van der Waals surface area contributed by atoms with Crippen molar-refractivity contribution in [2.45, 2.75) is 13.8 Å². The van der Waals surface area contributed by atoms with Crippen molar-refractivity contribution >= 4 is 16.8 Å². The summed E-state index contributed by atoms with van der Waals surface area (Å²) in [7, 11) is 0. The summed E-state index contributed by atoms with van der Waals surface area (Å²) in [5.41, 5.74) is 0. The highest BCUT2D eigenvalue weighted by Gasteiger charge is 2.21. The topological polar surface area (TPSA) is 21.5 Å². The van der Waals surface area contributed by atoms with Crippen LogP contribution in [0, 0.1) is 0 Å². The number of hydrogen-bond acceptors (Lipinski definition) is 3. The molecule has 1 aliphatic heterocycles. The summed E-state index contributed by atoms with van der Waals surface area (Å²) in [5.74, 6) is 1.10. The molecule has 0 aromatic rings. The van der Waals surface area contributed by atoms with Crippen molar-refractivity contribution in [2.24, 2.45) is 0 Å². The van der Waals surface area contributed by atoms with Gasteiger partial charge in [0.2, 0.25) is 6.54 Å². The fraction of sp³-hybridized carbons (Fsp3) is 0.833. The lowest BCUT2D eigenvalue weighted by molar-refractivity contribution is -0.869. The molecule has 1 rings (SSSR count). The maximum absolute atomic E-state index is 4.94. The number of nitrogens with zero attached hydrogens (tertiary/aromatic N) is 1. The molecule has 0 amide bonds. The Morgan fingerprint density at radius 2 is 2.50 bits per heavy atom. The molecule has 1 aliphatic rings. The van der Waals surface area contributed by atoms with Gasteiger partial charge in [0.1, 0.15) is 0 Å². The minimum absolute atomic E-state index is 0.592. The van der Waals surface area contributed by atoms with Crippen LogP contribution in [0.4, 0.5) is 0 Å². The van der Waals surface area contributed by atoms with Crippen molar-refractivity contribution in [2.75, 3.05) is 18.9 Å². The van der Waals surface area contributed by atoms with Gasteiger partial charge < -0.3 is 0 Å². The molecule has 0 spiro atoms. The van der Waals surface area contributed by atoms with Gasteiger partial charge in [-0.25, -0.2) is 0 Å². The zero-order valence-electron chi connectivity index (χ0n) is 6.29. The van der Waals surface area contributed by atoms with E-state index in [-0.39, 0.29) is 0 Å². The van der Waals surface area contributed by atoms with E-state index in [0.717, 1.165) is 12.3 Å². The molecular formula is C6H12NO2S+. The Balaban J connectivity index is 2.31. The largest absolute Gasteiger partial charge is 0.262 e. The van der Waals surface area contributed by atoms with Crippen LogP contribution in [0.25, 0.3) is 0 Å². The molecule has 3 nitrogen and oxygen atoms in total. The molecular weight excluding hydrogens is 150 g/mol. The third-order valence-electron chi connectivity index (χ3n) is 1.22. The molecule has 0 unspecified atom stereocenters. The SMILES string of the molecule is CCOO[N+]1=C(C)SCC1. The van der Waals surface area contributed by atoms with E-state index in [1.165, 1.54) is 5.04 Å². The van der Waals surface area contributed by atoms with Crippen molar-refractivity contribution in [1.82, 2.24) is 0 Å². The van der Waals surface area contributed by atoms with Gasteiger partial charge >= 0.3 is 0 Å². The Hall–Kier alpha value is -0.220. The smallest absolute Gasteiger partial charge is 0.129 e. The summed E-state index contributed by atoms with van der Waals surface area (Å²) in [6.07, 6.45) is 0. The quantitative estimate of drug-likeness (QED) is 0.351. The van der Waals surface area contributed by atoms with Gasteiger partial charge in [0.25, 0.3) is 5.04 Å². The maximum Gasteiger partial charge on any atom is 0.262 e. The van der Waals surface area contributed by atoms with Crippen LogP contribution in [-0.4, -0.2) is 28.7 Å². The molecule has 0 saturated heterocycles. The van der Waals surface area contributed by atoms with E-state index in [2.05, 4.69) is 0 Å². The van der Waals surface area contributed by atoms with Crippen LogP contribution >= 0.6 is 11.8 Å². The summed E-state index contributed by atoms with van der Waals surface area (Å²) < 4.78 is 1.77. The van der Waals surface area contributed by atoms with Crippen LogP contribution in [0.3, 0.4) is 0 Å². The van der Waals surface area contributed by atoms with Gasteiger partial charge in [-0.3, -0.25) is 0 Å². The summed E-state index contributed by atoms with van der Waals surface area (Å²) in [6, 6.07) is 0. The Morgan fingerprint density at radius 1 is 1.70 bits per heavy atom. The van der Waals surface area contributed by atoms with Gasteiger partial charge in [0.15, 0.2) is 0 Å². The van der Waals surface area contributed by atoms with Crippen LogP contribution in [0.2, 0.25) is 0 Å². The molecule has 0 radical (unpaired) electrons. The summed E-state index contributed by atoms with van der Waals surface area (Å²) >= 11 is 1.79. The highest BCUT2D eigenvalue weighted by molar-refractivity contribution is 8.13. The normalized spacial score (nSPS) is 18.2. The number of thioether (sulfide) groups is 1. The number of hydrogen-bond donors (Lipinski definition) is 0. The second-order valence-corrected chi connectivity index (χ2v) is 3.24. The predicted octanol–water partition coefficient (Wildman–Crippen LogP) is 1.05. The van der Waals surface area contributed by atoms with E-state index >= 15 is 0 Å². The second-order valence-electron chi connectivity index (χ2n) is 1.95. The second kappa shape index (κ2) is 3.83. The van der Waals surface area contributed by atoms with Crippen LogP contribution < -0.4 is 0 Å². The highest BCUT2D eigenvalue weighted by Crippen LogP contribution is 2.10. The molecule has 0 N–H and O–H groups in total. The molecule has 0 aromatic heterocycles. The monoisotopic (exact) mass is 162 g/mol. The van der Waals surface area contributed by atoms with Crippen LogP contribution in [0.5, 0.6) is 0 Å². The Labute approximate surface area is 64.9 Å². The number of rotatable bonds is 3. The van der Waals surface area contributed by atoms with E-state index in [9.17, 15) is 0 Å². The molecule has 1 heterocycles. The molecule has 0 saturated carbocycles. The van der Waals surface area contributed by atoms with Gasteiger partial charge in [-0.15, -0.1) is 4.89 Å². The third-order valence-corrected chi connectivity index (χ3v) is 2.23. The average molecular weight is 162 g/mol. The first-order valence-corrected chi connectivity index (χ1v) is 4.36. The van der Waals surface area contributed by atoms with Gasteiger partial charge in [-0.1, -0.05) is 16.8 Å². The predicted molar refractivity (Wildman–Crippen MR) is 41.0 cm³/mol. The number of hydroxylamine groups is 1. The average Bonchev–Trinajstić information content (AvgIpc) is 2.31.